The van der Waals surface area contributed by atoms with E-state index < -0.39 is 0 Å². The predicted molar refractivity (Wildman–Crippen MR) is 124 cm³/mol. The summed E-state index contributed by atoms with van der Waals surface area (Å²) in [5.74, 6) is 2.81. The van der Waals surface area contributed by atoms with E-state index in [-0.39, 0.29) is 6.61 Å². The van der Waals surface area contributed by atoms with E-state index >= 15 is 0 Å². The minimum absolute atomic E-state index is 0.269. The second kappa shape index (κ2) is 9.94. The zero-order chi connectivity index (χ0) is 21.6. The lowest BCUT2D eigenvalue weighted by atomic mass is 10.3. The molecule has 0 saturated heterocycles. The molecule has 0 spiro atoms. The van der Waals surface area contributed by atoms with Gasteiger partial charge in [-0.2, -0.15) is 0 Å². The number of rotatable bonds is 9. The first-order chi connectivity index (χ1) is 15.2. The van der Waals surface area contributed by atoms with Crippen molar-refractivity contribution in [3.63, 3.8) is 0 Å². The first-order valence-electron chi connectivity index (χ1n) is 10.0. The Morgan fingerprint density at radius 2 is 1.58 bits per heavy atom. The fraction of sp³-hybridized carbons (Fsp3) is 0.208. The third-order valence-corrected chi connectivity index (χ3v) is 5.24. The maximum absolute atomic E-state index is 6.24. The van der Waals surface area contributed by atoms with Crippen molar-refractivity contribution in [3.05, 3.63) is 82.6 Å². The molecular formula is C24H22Cl2N2O3. The van der Waals surface area contributed by atoms with Crippen LogP contribution in [0.25, 0.3) is 11.0 Å². The highest BCUT2D eigenvalue weighted by Gasteiger charge is 2.13. The van der Waals surface area contributed by atoms with Gasteiger partial charge in [0.25, 0.3) is 0 Å². The summed E-state index contributed by atoms with van der Waals surface area (Å²) in [6.45, 7) is 3.87. The number of hydrogen-bond donors (Lipinski definition) is 0. The molecule has 0 atom stereocenters. The molecule has 0 aliphatic rings. The van der Waals surface area contributed by atoms with E-state index in [4.69, 9.17) is 42.4 Å². The molecule has 0 fully saturated rings. The lowest BCUT2D eigenvalue weighted by molar-refractivity contribution is 0.257. The monoisotopic (exact) mass is 456 g/mol. The summed E-state index contributed by atoms with van der Waals surface area (Å²) < 4.78 is 19.7. The van der Waals surface area contributed by atoms with Gasteiger partial charge in [-0.15, -0.1) is 0 Å². The Bertz CT molecular complexity index is 1180. The van der Waals surface area contributed by atoms with E-state index in [9.17, 15) is 0 Å². The molecule has 3 aromatic carbocycles. The van der Waals surface area contributed by atoms with E-state index in [1.807, 2.05) is 55.5 Å². The van der Waals surface area contributed by atoms with Crippen molar-refractivity contribution in [2.45, 2.75) is 20.1 Å². The zero-order valence-corrected chi connectivity index (χ0v) is 18.6. The van der Waals surface area contributed by atoms with Gasteiger partial charge in [0, 0.05) is 5.02 Å². The molecule has 0 unspecified atom stereocenters. The van der Waals surface area contributed by atoms with Crippen molar-refractivity contribution in [1.82, 2.24) is 9.55 Å². The van der Waals surface area contributed by atoms with Gasteiger partial charge in [-0.1, -0.05) is 47.5 Å². The number of hydrogen-bond acceptors (Lipinski definition) is 4. The Morgan fingerprint density at radius 1 is 0.839 bits per heavy atom. The number of aromatic nitrogens is 2. The van der Waals surface area contributed by atoms with Gasteiger partial charge in [0.05, 0.1) is 29.2 Å². The first-order valence-corrected chi connectivity index (χ1v) is 10.8. The van der Waals surface area contributed by atoms with Crippen LogP contribution in [0.3, 0.4) is 0 Å². The molecule has 7 heteroatoms. The van der Waals surface area contributed by atoms with E-state index in [1.165, 1.54) is 0 Å². The molecular weight excluding hydrogens is 435 g/mol. The van der Waals surface area contributed by atoms with Gasteiger partial charge < -0.3 is 18.8 Å². The third kappa shape index (κ3) is 5.06. The summed E-state index contributed by atoms with van der Waals surface area (Å²) in [6, 6.07) is 20.8. The van der Waals surface area contributed by atoms with Gasteiger partial charge in [0.2, 0.25) is 0 Å². The van der Waals surface area contributed by atoms with E-state index in [0.717, 1.165) is 28.4 Å². The van der Waals surface area contributed by atoms with Gasteiger partial charge in [-0.05, 0) is 49.4 Å². The number of fused-ring (bicyclic) bond motifs is 1. The van der Waals surface area contributed by atoms with Crippen LogP contribution in [0.1, 0.15) is 12.7 Å². The van der Waals surface area contributed by atoms with Crippen molar-refractivity contribution >= 4 is 34.2 Å². The molecule has 0 bridgehead atoms. The van der Waals surface area contributed by atoms with Crippen molar-refractivity contribution < 1.29 is 14.2 Å². The fourth-order valence-electron chi connectivity index (χ4n) is 3.31. The third-order valence-electron chi connectivity index (χ3n) is 4.71. The van der Waals surface area contributed by atoms with Crippen LogP contribution in [0.5, 0.6) is 17.2 Å². The van der Waals surface area contributed by atoms with Crippen molar-refractivity contribution in [2.24, 2.45) is 0 Å². The highest BCUT2D eigenvalue weighted by Crippen LogP contribution is 2.29. The molecule has 160 valence electrons. The van der Waals surface area contributed by atoms with E-state index in [1.54, 1.807) is 18.2 Å². The quantitative estimate of drug-likeness (QED) is 0.292. The van der Waals surface area contributed by atoms with Gasteiger partial charge in [-0.25, -0.2) is 4.98 Å². The van der Waals surface area contributed by atoms with Gasteiger partial charge in [0.15, 0.2) is 11.5 Å². The normalized spacial score (nSPS) is 10.9. The number of para-hydroxylation sites is 4. The minimum Gasteiger partial charge on any atom is -0.490 e. The molecule has 1 heterocycles. The summed E-state index contributed by atoms with van der Waals surface area (Å²) in [5.41, 5.74) is 1.92. The lowest BCUT2D eigenvalue weighted by Gasteiger charge is -2.14. The Morgan fingerprint density at radius 3 is 2.35 bits per heavy atom. The van der Waals surface area contributed by atoms with Gasteiger partial charge in [-0.3, -0.25) is 0 Å². The molecule has 0 aliphatic carbocycles. The summed E-state index contributed by atoms with van der Waals surface area (Å²) in [6.07, 6.45) is 0. The second-order valence-electron chi connectivity index (χ2n) is 6.76. The number of nitrogens with zero attached hydrogens (tertiary/aromatic N) is 2. The van der Waals surface area contributed by atoms with Crippen LogP contribution in [0, 0.1) is 0 Å². The lowest BCUT2D eigenvalue weighted by Crippen LogP contribution is -2.13. The van der Waals surface area contributed by atoms with Crippen molar-refractivity contribution in [2.75, 3.05) is 13.2 Å². The molecule has 31 heavy (non-hydrogen) atoms. The molecule has 0 amide bonds. The highest BCUT2D eigenvalue weighted by atomic mass is 35.5. The number of benzene rings is 3. The van der Waals surface area contributed by atoms with Crippen LogP contribution in [0.15, 0.2) is 66.7 Å². The molecule has 1 aromatic heterocycles. The summed E-state index contributed by atoms with van der Waals surface area (Å²) in [7, 11) is 0. The van der Waals surface area contributed by atoms with Crippen LogP contribution >= 0.6 is 23.2 Å². The average Bonchev–Trinajstić information content (AvgIpc) is 3.12. The molecule has 0 aliphatic heterocycles. The van der Waals surface area contributed by atoms with Crippen LogP contribution in [0.2, 0.25) is 10.0 Å². The Labute approximate surface area is 191 Å². The number of ether oxygens (including phenoxy) is 3. The Balaban J connectivity index is 1.51. The maximum atomic E-state index is 6.24. The summed E-state index contributed by atoms with van der Waals surface area (Å²) in [5, 5.41) is 1.03. The van der Waals surface area contributed by atoms with Crippen LogP contribution < -0.4 is 14.2 Å². The largest absolute Gasteiger partial charge is 0.490 e. The SMILES string of the molecule is CCOc1ccccc1OCCn1c(COc2ccc(Cl)cc2Cl)nc2ccccc21. The Hall–Kier alpha value is -2.89. The van der Waals surface area contributed by atoms with Crippen LogP contribution in [0.4, 0.5) is 0 Å². The molecule has 4 rings (SSSR count). The molecule has 0 saturated carbocycles. The van der Waals surface area contributed by atoms with Crippen LogP contribution in [-0.2, 0) is 13.2 Å². The smallest absolute Gasteiger partial charge is 0.161 e. The first kappa shape index (κ1) is 21.3. The topological polar surface area (TPSA) is 45.5 Å². The summed E-state index contributed by atoms with van der Waals surface area (Å²) in [4.78, 5) is 4.74. The van der Waals surface area contributed by atoms with Gasteiger partial charge in [0.1, 0.15) is 24.8 Å². The van der Waals surface area contributed by atoms with Crippen LogP contribution in [-0.4, -0.2) is 22.8 Å². The highest BCUT2D eigenvalue weighted by molar-refractivity contribution is 6.35. The summed E-state index contributed by atoms with van der Waals surface area (Å²) >= 11 is 12.2. The van der Waals surface area contributed by atoms with E-state index in [0.29, 0.717) is 35.6 Å². The molecule has 0 N–H and O–H groups in total. The minimum atomic E-state index is 0.269. The van der Waals surface area contributed by atoms with Crippen molar-refractivity contribution in [3.8, 4) is 17.2 Å². The second-order valence-corrected chi connectivity index (χ2v) is 7.60. The predicted octanol–water partition coefficient (Wildman–Crippen LogP) is 6.40. The van der Waals surface area contributed by atoms with E-state index in [2.05, 4.69) is 4.57 Å². The molecule has 5 nitrogen and oxygen atoms in total. The van der Waals surface area contributed by atoms with Gasteiger partial charge >= 0.3 is 0 Å². The number of imidazole rings is 1. The standard InChI is InChI=1S/C24H22Cl2N2O3/c1-2-29-22-9-5-6-10-23(22)30-14-13-28-20-8-4-3-7-19(20)27-24(28)16-31-21-12-11-17(25)15-18(21)26/h3-12,15H,2,13-14,16H2,1H3. The average molecular weight is 457 g/mol. The zero-order valence-electron chi connectivity index (χ0n) is 17.1. The molecule has 4 aromatic rings. The maximum Gasteiger partial charge on any atom is 0.161 e. The molecule has 0 radical (unpaired) electrons. The fourth-order valence-corrected chi connectivity index (χ4v) is 3.77. The Kier molecular flexibility index (Phi) is 6.85. The number of halogens is 2. The van der Waals surface area contributed by atoms with Crippen molar-refractivity contribution in [1.29, 1.82) is 0 Å².